The molecule has 0 radical (unpaired) electrons. The lowest BCUT2D eigenvalue weighted by Gasteiger charge is -2.62. The van der Waals surface area contributed by atoms with E-state index in [4.69, 9.17) is 9.47 Å². The zero-order chi connectivity index (χ0) is 37.3. The summed E-state index contributed by atoms with van der Waals surface area (Å²) in [6.45, 7) is 4.62. The number of hydrogen-bond acceptors (Lipinski definition) is 3. The molecule has 16 aliphatic carbocycles. The fraction of sp³-hybridized carbons (Fsp3) is 0.750. The summed E-state index contributed by atoms with van der Waals surface area (Å²) >= 11 is 0. The van der Waals surface area contributed by atoms with Gasteiger partial charge in [-0.05, 0) is 210 Å². The lowest BCUT2D eigenvalue weighted by Crippen LogP contribution is -2.59. The van der Waals surface area contributed by atoms with Gasteiger partial charge in [-0.25, -0.2) is 0 Å². The van der Waals surface area contributed by atoms with Gasteiger partial charge in [0.05, 0.1) is 19.8 Å². The topological polar surface area (TPSA) is 21.7 Å². The Morgan fingerprint density at radius 1 is 0.610 bits per heavy atom. The van der Waals surface area contributed by atoms with Crippen molar-refractivity contribution in [1.29, 1.82) is 0 Å². The molecule has 28 unspecified atom stereocenters. The van der Waals surface area contributed by atoms with Gasteiger partial charge in [-0.3, -0.25) is 4.90 Å². The quantitative estimate of drug-likeness (QED) is 0.206. The van der Waals surface area contributed by atoms with Crippen LogP contribution in [0.4, 0.5) is 0 Å². The van der Waals surface area contributed by atoms with Crippen molar-refractivity contribution in [3.63, 3.8) is 0 Å². The molecular weight excluding hydrogens is 719 g/mol. The number of allylic oxidation sites excluding steroid dienone is 3. The molecule has 0 amide bonds. The van der Waals surface area contributed by atoms with Gasteiger partial charge in [0.2, 0.25) is 0 Å². The first-order valence-corrected chi connectivity index (χ1v) is 26.0. The summed E-state index contributed by atoms with van der Waals surface area (Å²) in [5, 5.41) is 3.03. The van der Waals surface area contributed by atoms with Crippen LogP contribution in [-0.4, -0.2) is 44.9 Å². The van der Waals surface area contributed by atoms with Gasteiger partial charge in [0.1, 0.15) is 0 Å². The molecule has 3 heteroatoms. The molecule has 14 fully saturated rings. The largest absolute Gasteiger partial charge is 0.382 e. The average Bonchev–Trinajstić information content (AvgIpc) is 4.11. The minimum atomic E-state index is 0.374. The van der Waals surface area contributed by atoms with Crippen LogP contribution < -0.4 is 0 Å². The predicted octanol–water partition coefficient (Wildman–Crippen LogP) is 9.80. The lowest BCUT2D eigenvalue weighted by molar-refractivity contribution is -0.149. The van der Waals surface area contributed by atoms with Crippen molar-refractivity contribution in [3.8, 4) is 0 Å². The van der Waals surface area contributed by atoms with Gasteiger partial charge in [0.15, 0.2) is 0 Å². The number of nitrogens with zero attached hydrogens (tertiary/aromatic N) is 1. The van der Waals surface area contributed by atoms with Crippen LogP contribution in [0.1, 0.15) is 63.0 Å². The van der Waals surface area contributed by atoms with Gasteiger partial charge in [0, 0.05) is 43.5 Å². The van der Waals surface area contributed by atoms with Crippen LogP contribution in [0.15, 0.2) is 64.8 Å². The van der Waals surface area contributed by atoms with Crippen molar-refractivity contribution in [1.82, 2.24) is 4.90 Å². The first-order valence-electron chi connectivity index (χ1n) is 26.0. The first-order chi connectivity index (χ1) is 29.2. The van der Waals surface area contributed by atoms with Crippen LogP contribution in [0, 0.1) is 159 Å². The van der Waals surface area contributed by atoms with Gasteiger partial charge < -0.3 is 9.47 Å². The average molecular weight is 782 g/mol. The zero-order valence-electron chi connectivity index (χ0n) is 35.1. The maximum atomic E-state index is 6.45. The van der Waals surface area contributed by atoms with Crippen molar-refractivity contribution in [2.45, 2.75) is 57.4 Å². The molecule has 1 aliphatic heterocycles. The summed E-state index contributed by atoms with van der Waals surface area (Å²) in [5.41, 5.74) is 10.7. The molecule has 0 N–H and O–H groups in total. The number of benzene rings is 2. The summed E-state index contributed by atoms with van der Waals surface area (Å²) in [7, 11) is 1.82. The Morgan fingerprint density at radius 3 is 2.10 bits per heavy atom. The number of fused-ring (bicyclic) bond motifs is 2. The van der Waals surface area contributed by atoms with Crippen LogP contribution in [0.25, 0.3) is 10.8 Å². The van der Waals surface area contributed by atoms with Gasteiger partial charge in [-0.2, -0.15) is 0 Å². The van der Waals surface area contributed by atoms with Crippen LogP contribution in [-0.2, 0) is 9.47 Å². The van der Waals surface area contributed by atoms with Crippen molar-refractivity contribution in [2.24, 2.45) is 159 Å². The Kier molecular flexibility index (Phi) is 5.34. The molecular formula is C56H63NO2. The number of methoxy groups -OCH3 is 1. The molecule has 1 spiro atoms. The van der Waals surface area contributed by atoms with E-state index in [0.717, 1.165) is 168 Å². The third kappa shape index (κ3) is 3.02. The Hall–Kier alpha value is -1.94. The van der Waals surface area contributed by atoms with Crippen molar-refractivity contribution < 1.29 is 9.47 Å². The van der Waals surface area contributed by atoms with E-state index < -0.39 is 0 Å². The van der Waals surface area contributed by atoms with E-state index in [1.807, 2.05) is 7.11 Å². The van der Waals surface area contributed by atoms with Gasteiger partial charge in [-0.1, -0.05) is 64.8 Å². The van der Waals surface area contributed by atoms with Crippen LogP contribution >= 0.6 is 0 Å². The Morgan fingerprint density at radius 2 is 1.27 bits per heavy atom. The smallest absolute Gasteiger partial charge is 0.0700 e. The third-order valence-corrected chi connectivity index (χ3v) is 26.0. The number of rotatable bonds is 7. The third-order valence-electron chi connectivity index (χ3n) is 26.0. The fourth-order valence-corrected chi connectivity index (χ4v) is 27.1. The summed E-state index contributed by atoms with van der Waals surface area (Å²) in [5.74, 6) is 27.7. The SMILES string of the molecule is COCCOCCN1CC2C3=C4C5C6=C(C3)CC3CC7CC8CC9CC%10CC%11CC2(C2C4C4C5C5C(C63)C7C3C8C9C6C%10C(C4C6C35)C%112)C1c1cccc2ccccc12. The Labute approximate surface area is 350 Å². The minimum Gasteiger partial charge on any atom is -0.382 e. The highest BCUT2D eigenvalue weighted by molar-refractivity contribution is 5.86. The van der Waals surface area contributed by atoms with Crippen molar-refractivity contribution in [3.05, 3.63) is 70.3 Å². The molecule has 28 atom stereocenters. The second kappa shape index (κ2) is 9.89. The summed E-state index contributed by atoms with van der Waals surface area (Å²) in [6.07, 6.45) is 12.8. The van der Waals surface area contributed by atoms with Gasteiger partial charge in [0.25, 0.3) is 0 Å². The Balaban J connectivity index is 0.893. The molecule has 0 bridgehead atoms. The fourth-order valence-electron chi connectivity index (χ4n) is 27.1. The molecule has 2 aromatic rings. The van der Waals surface area contributed by atoms with E-state index in [0.29, 0.717) is 18.1 Å². The van der Waals surface area contributed by atoms with Crippen molar-refractivity contribution >= 4 is 10.8 Å². The van der Waals surface area contributed by atoms with E-state index in [1.54, 1.807) is 49.5 Å². The second-order valence-corrected chi connectivity index (χ2v) is 25.8. The lowest BCUT2D eigenvalue weighted by atomic mass is 9.41. The Bertz CT molecular complexity index is 2410. The highest BCUT2D eigenvalue weighted by Gasteiger charge is 2.88. The molecule has 304 valence electrons. The molecule has 13 saturated carbocycles. The first kappa shape index (κ1) is 31.8. The normalized spacial score (nSPS) is 62.8. The number of hydrogen-bond donors (Lipinski definition) is 0. The second-order valence-electron chi connectivity index (χ2n) is 25.8. The predicted molar refractivity (Wildman–Crippen MR) is 225 cm³/mol. The maximum absolute atomic E-state index is 6.45. The van der Waals surface area contributed by atoms with E-state index in [9.17, 15) is 0 Å². The standard InChI is InChI=1S/C56H63NO2/c1-58-11-12-59-10-9-57-21-33-32-19-28-17-25-15-26-14-23-13-24-16-27-18-29-20-56(33,55(57)31-8-4-6-22-5-2-3-7-30(22)31)54-40(29)45-39(27)44-35(24)34(23)42-38(26)43-36(25)37(28)46-41(32)53(54)52-50(45)48(44)47(42)49(43)51(46)52/h2-8,23-27,29,33-36,38-40,42-55H,9-21H2,1H3. The molecule has 1 heterocycles. The number of ether oxygens (including phenoxy) is 2. The zero-order valence-corrected chi connectivity index (χ0v) is 35.1. The minimum absolute atomic E-state index is 0.374. The van der Waals surface area contributed by atoms with Crippen molar-refractivity contribution in [2.75, 3.05) is 40.0 Å². The highest BCUT2D eigenvalue weighted by atomic mass is 16.5. The van der Waals surface area contributed by atoms with E-state index in [1.165, 1.54) is 30.7 Å². The van der Waals surface area contributed by atoms with Crippen LogP contribution in [0.3, 0.4) is 0 Å². The van der Waals surface area contributed by atoms with Gasteiger partial charge in [-0.15, -0.1) is 0 Å². The van der Waals surface area contributed by atoms with E-state index >= 15 is 0 Å². The molecule has 19 rings (SSSR count). The van der Waals surface area contributed by atoms with E-state index in [-0.39, 0.29) is 0 Å². The maximum Gasteiger partial charge on any atom is 0.0700 e. The van der Waals surface area contributed by atoms with Crippen LogP contribution in [0.2, 0.25) is 0 Å². The summed E-state index contributed by atoms with van der Waals surface area (Å²) in [6, 6.07) is 17.7. The molecule has 1 saturated heterocycles. The molecule has 0 aromatic heterocycles. The molecule has 59 heavy (non-hydrogen) atoms. The summed E-state index contributed by atoms with van der Waals surface area (Å²) < 4.78 is 11.9. The number of likely N-dealkylation sites (tertiary alicyclic amines) is 1. The highest BCUT2D eigenvalue weighted by Crippen LogP contribution is 2.93. The monoisotopic (exact) mass is 781 g/mol. The molecule has 3 nitrogen and oxygen atoms in total. The van der Waals surface area contributed by atoms with Crippen LogP contribution in [0.5, 0.6) is 0 Å². The molecule has 2 aromatic carbocycles. The van der Waals surface area contributed by atoms with Gasteiger partial charge >= 0.3 is 0 Å². The summed E-state index contributed by atoms with van der Waals surface area (Å²) in [4.78, 5) is 3.11. The van der Waals surface area contributed by atoms with E-state index in [2.05, 4.69) is 69.7 Å². The molecule has 17 aliphatic rings.